The van der Waals surface area contributed by atoms with Crippen LogP contribution in [0.1, 0.15) is 25.0 Å². The van der Waals surface area contributed by atoms with Crippen molar-refractivity contribution in [2.75, 3.05) is 0 Å². The summed E-state index contributed by atoms with van der Waals surface area (Å²) < 4.78 is 0. The van der Waals surface area contributed by atoms with Crippen molar-refractivity contribution in [3.8, 4) is 78.4 Å². The SMILES string of the molecule is CC1(C)c2c(cccc2-c2ccc(-c3cc(-c4cc(-c5ccccc5)ccc4-c4ccccc4)nc(-c4ccccc4)n3)c3ccccc23)-c2ccc3ccccc3c21. The van der Waals surface area contributed by atoms with E-state index in [2.05, 4.69) is 214 Å². The van der Waals surface area contributed by atoms with E-state index in [1.807, 2.05) is 6.07 Å². The van der Waals surface area contributed by atoms with E-state index in [1.54, 1.807) is 0 Å². The molecule has 1 aliphatic carbocycles. The van der Waals surface area contributed by atoms with Crippen LogP contribution in [0.2, 0.25) is 0 Å². The monoisotopic (exact) mass is 752 g/mol. The summed E-state index contributed by atoms with van der Waals surface area (Å²) in [5, 5.41) is 4.97. The van der Waals surface area contributed by atoms with Gasteiger partial charge in [0.25, 0.3) is 0 Å². The van der Waals surface area contributed by atoms with Crippen molar-refractivity contribution < 1.29 is 0 Å². The number of nitrogens with zero attached hydrogens (tertiary/aromatic N) is 2. The standard InChI is InChI=1S/C57H40N2/c1-57(2)54-43-24-13-12-21-39(43)29-32-50(54)49-28-16-27-48(55(49)57)46-33-34-47(45-26-15-14-25-44(45)46)52-36-53(59-56(58-52)40-22-10-5-11-23-40)51-35-41(37-17-6-3-7-18-37)30-31-42(51)38-19-8-4-9-20-38/h3-36H,1-2H3. The molecule has 11 rings (SSSR count). The third-order valence-electron chi connectivity index (χ3n) is 12.3. The first-order chi connectivity index (χ1) is 29.0. The molecule has 59 heavy (non-hydrogen) atoms. The largest absolute Gasteiger partial charge is 0.228 e. The summed E-state index contributed by atoms with van der Waals surface area (Å²) in [4.78, 5) is 10.7. The zero-order chi connectivity index (χ0) is 39.5. The molecule has 9 aromatic carbocycles. The lowest BCUT2D eigenvalue weighted by Gasteiger charge is -2.26. The van der Waals surface area contributed by atoms with E-state index >= 15 is 0 Å². The summed E-state index contributed by atoms with van der Waals surface area (Å²) in [6, 6.07) is 74.2. The lowest BCUT2D eigenvalue weighted by molar-refractivity contribution is 0.668. The summed E-state index contributed by atoms with van der Waals surface area (Å²) in [5.41, 5.74) is 17.2. The molecule has 1 aliphatic rings. The molecule has 2 nitrogen and oxygen atoms in total. The topological polar surface area (TPSA) is 25.8 Å². The van der Waals surface area contributed by atoms with E-state index in [1.165, 1.54) is 55.1 Å². The summed E-state index contributed by atoms with van der Waals surface area (Å²) in [5.74, 6) is 0.697. The Morgan fingerprint density at radius 1 is 0.305 bits per heavy atom. The third kappa shape index (κ3) is 5.79. The minimum atomic E-state index is -0.196. The number of benzene rings is 9. The van der Waals surface area contributed by atoms with Crippen molar-refractivity contribution in [1.82, 2.24) is 9.97 Å². The van der Waals surface area contributed by atoms with Crippen LogP contribution in [0.15, 0.2) is 206 Å². The van der Waals surface area contributed by atoms with Gasteiger partial charge in [-0.25, -0.2) is 9.97 Å². The van der Waals surface area contributed by atoms with Crippen molar-refractivity contribution in [3.63, 3.8) is 0 Å². The van der Waals surface area contributed by atoms with Crippen LogP contribution in [0.25, 0.3) is 100.0 Å². The average Bonchev–Trinajstić information content (AvgIpc) is 3.55. The van der Waals surface area contributed by atoms with Gasteiger partial charge in [0.1, 0.15) is 0 Å². The van der Waals surface area contributed by atoms with Gasteiger partial charge in [0.2, 0.25) is 0 Å². The Kier molecular flexibility index (Phi) is 8.20. The summed E-state index contributed by atoms with van der Waals surface area (Å²) in [7, 11) is 0. The normalized spacial score (nSPS) is 12.7. The van der Waals surface area contributed by atoms with Crippen LogP contribution in [0.5, 0.6) is 0 Å². The Bertz CT molecular complexity index is 3220. The Hall–Kier alpha value is -7.42. The lowest BCUT2D eigenvalue weighted by Crippen LogP contribution is -2.17. The molecule has 0 radical (unpaired) electrons. The van der Waals surface area contributed by atoms with E-state index in [0.717, 1.165) is 50.2 Å². The predicted octanol–water partition coefficient (Wildman–Crippen LogP) is 15.1. The first-order valence-electron chi connectivity index (χ1n) is 20.4. The predicted molar refractivity (Wildman–Crippen MR) is 247 cm³/mol. The molecule has 0 saturated heterocycles. The minimum Gasteiger partial charge on any atom is -0.228 e. The number of fused-ring (bicyclic) bond motifs is 6. The molecule has 1 aromatic heterocycles. The van der Waals surface area contributed by atoms with Gasteiger partial charge in [-0.1, -0.05) is 208 Å². The molecule has 1 heterocycles. The lowest BCUT2D eigenvalue weighted by atomic mass is 9.77. The van der Waals surface area contributed by atoms with Crippen LogP contribution in [-0.2, 0) is 5.41 Å². The van der Waals surface area contributed by atoms with Gasteiger partial charge < -0.3 is 0 Å². The quantitative estimate of drug-likeness (QED) is 0.169. The zero-order valence-electron chi connectivity index (χ0n) is 33.0. The number of hydrogen-bond acceptors (Lipinski definition) is 2. The number of hydrogen-bond donors (Lipinski definition) is 0. The Morgan fingerprint density at radius 2 is 0.814 bits per heavy atom. The highest BCUT2D eigenvalue weighted by Gasteiger charge is 2.39. The molecular formula is C57H40N2. The molecule has 0 atom stereocenters. The van der Waals surface area contributed by atoms with Crippen molar-refractivity contribution in [2.24, 2.45) is 0 Å². The van der Waals surface area contributed by atoms with Crippen molar-refractivity contribution in [2.45, 2.75) is 19.3 Å². The summed E-state index contributed by atoms with van der Waals surface area (Å²) in [6.45, 7) is 4.79. The Morgan fingerprint density at radius 3 is 1.53 bits per heavy atom. The van der Waals surface area contributed by atoms with Crippen molar-refractivity contribution >= 4 is 21.5 Å². The van der Waals surface area contributed by atoms with Gasteiger partial charge in [-0.15, -0.1) is 0 Å². The fourth-order valence-corrected chi connectivity index (χ4v) is 9.60. The van der Waals surface area contributed by atoms with Crippen molar-refractivity contribution in [3.05, 3.63) is 217 Å². The van der Waals surface area contributed by atoms with Crippen LogP contribution in [0, 0.1) is 0 Å². The van der Waals surface area contributed by atoms with Gasteiger partial charge in [-0.2, -0.15) is 0 Å². The fraction of sp³-hybridized carbons (Fsp3) is 0.0526. The highest BCUT2D eigenvalue weighted by atomic mass is 14.9. The van der Waals surface area contributed by atoms with Gasteiger partial charge in [0.05, 0.1) is 11.4 Å². The maximum atomic E-state index is 5.36. The number of rotatable bonds is 6. The minimum absolute atomic E-state index is 0.196. The molecule has 0 bridgehead atoms. The van der Waals surface area contributed by atoms with E-state index in [0.29, 0.717) is 5.82 Å². The number of aromatic nitrogens is 2. The molecule has 0 N–H and O–H groups in total. The second-order valence-electron chi connectivity index (χ2n) is 16.1. The van der Waals surface area contributed by atoms with Crippen LogP contribution in [0.4, 0.5) is 0 Å². The molecule has 0 saturated carbocycles. The fourth-order valence-electron chi connectivity index (χ4n) is 9.60. The van der Waals surface area contributed by atoms with E-state index in [-0.39, 0.29) is 5.41 Å². The zero-order valence-corrected chi connectivity index (χ0v) is 33.0. The third-order valence-corrected chi connectivity index (χ3v) is 12.3. The second-order valence-corrected chi connectivity index (χ2v) is 16.1. The summed E-state index contributed by atoms with van der Waals surface area (Å²) >= 11 is 0. The van der Waals surface area contributed by atoms with Crippen molar-refractivity contribution in [1.29, 1.82) is 0 Å². The van der Waals surface area contributed by atoms with E-state index in [4.69, 9.17) is 9.97 Å². The van der Waals surface area contributed by atoms with E-state index in [9.17, 15) is 0 Å². The smallest absolute Gasteiger partial charge is 0.160 e. The molecule has 0 unspecified atom stereocenters. The summed E-state index contributed by atoms with van der Waals surface area (Å²) in [6.07, 6.45) is 0. The molecule has 0 fully saturated rings. The van der Waals surface area contributed by atoms with Crippen LogP contribution in [-0.4, -0.2) is 9.97 Å². The molecule has 10 aromatic rings. The van der Waals surface area contributed by atoms with Gasteiger partial charge in [-0.3, -0.25) is 0 Å². The van der Waals surface area contributed by atoms with Gasteiger partial charge in [-0.05, 0) is 89.3 Å². The Balaban J connectivity index is 1.12. The van der Waals surface area contributed by atoms with Gasteiger partial charge in [0, 0.05) is 22.1 Å². The molecule has 278 valence electrons. The highest BCUT2D eigenvalue weighted by Crippen LogP contribution is 2.55. The second kappa shape index (κ2) is 13.9. The van der Waals surface area contributed by atoms with Gasteiger partial charge >= 0.3 is 0 Å². The van der Waals surface area contributed by atoms with E-state index < -0.39 is 0 Å². The maximum Gasteiger partial charge on any atom is 0.160 e. The molecule has 0 spiro atoms. The first kappa shape index (κ1) is 34.8. The molecule has 0 aliphatic heterocycles. The highest BCUT2D eigenvalue weighted by molar-refractivity contribution is 6.07. The molecule has 2 heteroatoms. The average molecular weight is 753 g/mol. The maximum absolute atomic E-state index is 5.36. The molecular weight excluding hydrogens is 713 g/mol. The first-order valence-corrected chi connectivity index (χ1v) is 20.4. The Labute approximate surface area is 345 Å². The molecule has 0 amide bonds. The van der Waals surface area contributed by atoms with Crippen LogP contribution in [0.3, 0.4) is 0 Å². The van der Waals surface area contributed by atoms with Crippen LogP contribution < -0.4 is 0 Å². The van der Waals surface area contributed by atoms with Gasteiger partial charge in [0.15, 0.2) is 5.82 Å². The van der Waals surface area contributed by atoms with Crippen LogP contribution >= 0.6 is 0 Å².